The molecule has 0 atom stereocenters. The second kappa shape index (κ2) is 7.03. The third kappa shape index (κ3) is 5.20. The van der Waals surface area contributed by atoms with Crippen molar-refractivity contribution in [2.75, 3.05) is 5.73 Å². The van der Waals surface area contributed by atoms with Crippen LogP contribution in [-0.2, 0) is 0 Å². The molecule has 0 aliphatic carbocycles. The van der Waals surface area contributed by atoms with E-state index in [2.05, 4.69) is 38.1 Å². The Balaban J connectivity index is 0.000000184. The molecule has 0 spiro atoms. The zero-order chi connectivity index (χ0) is 13.5. The van der Waals surface area contributed by atoms with Crippen LogP contribution in [0, 0.1) is 4.77 Å². The van der Waals surface area contributed by atoms with Gasteiger partial charge < -0.3 is 10.7 Å². The Morgan fingerprint density at radius 3 is 2.33 bits per heavy atom. The maximum atomic E-state index is 10.7. The number of benzene rings is 1. The third-order valence-corrected chi connectivity index (χ3v) is 2.68. The van der Waals surface area contributed by atoms with Crippen molar-refractivity contribution in [2.24, 2.45) is 0 Å². The van der Waals surface area contributed by atoms with Gasteiger partial charge in [0.2, 0.25) is 0 Å². The number of H-pyrrole nitrogens is 1. The molecular formula is C12H12BrN3OS. The van der Waals surface area contributed by atoms with Crippen molar-refractivity contribution >= 4 is 39.7 Å². The first kappa shape index (κ1) is 14.5. The molecule has 4 nitrogen and oxygen atoms in total. The van der Waals surface area contributed by atoms with Gasteiger partial charge in [-0.25, -0.2) is 4.98 Å². The number of anilines is 1. The van der Waals surface area contributed by atoms with Gasteiger partial charge in [-0.1, -0.05) is 28.1 Å². The smallest absolute Gasteiger partial charge is 0.198 e. The fraction of sp³-hybridized carbons (Fsp3) is 0.0833. The van der Waals surface area contributed by atoms with Gasteiger partial charge in [-0.05, 0) is 37.3 Å². The summed E-state index contributed by atoms with van der Waals surface area (Å²) in [6, 6.07) is 8.96. The highest BCUT2D eigenvalue weighted by molar-refractivity contribution is 9.10. The van der Waals surface area contributed by atoms with Crippen molar-refractivity contribution in [1.29, 1.82) is 0 Å². The zero-order valence-electron chi connectivity index (χ0n) is 9.68. The Labute approximate surface area is 118 Å². The molecule has 6 heteroatoms. The summed E-state index contributed by atoms with van der Waals surface area (Å²) in [6.07, 6.45) is 1.56. The molecule has 18 heavy (non-hydrogen) atoms. The minimum Gasteiger partial charge on any atom is -0.385 e. The second-order valence-corrected chi connectivity index (χ2v) is 4.70. The van der Waals surface area contributed by atoms with Gasteiger partial charge in [0.05, 0.1) is 0 Å². The van der Waals surface area contributed by atoms with Crippen LogP contribution in [0.1, 0.15) is 17.3 Å². The number of ketones is 1. The van der Waals surface area contributed by atoms with Crippen LogP contribution in [0.15, 0.2) is 41.0 Å². The van der Waals surface area contributed by atoms with Crippen LogP contribution in [0.5, 0.6) is 0 Å². The first-order chi connectivity index (χ1) is 8.49. The van der Waals surface area contributed by atoms with Gasteiger partial charge in [-0.15, -0.1) is 0 Å². The summed E-state index contributed by atoms with van der Waals surface area (Å²) in [7, 11) is 0. The highest BCUT2D eigenvalue weighted by Gasteiger charge is 1.95. The summed E-state index contributed by atoms with van der Waals surface area (Å²) in [5, 5.41) is 0. The lowest BCUT2D eigenvalue weighted by molar-refractivity contribution is 0.101. The quantitative estimate of drug-likeness (QED) is 0.622. The fourth-order valence-corrected chi connectivity index (χ4v) is 1.51. The fourth-order valence-electron chi connectivity index (χ4n) is 1.07. The predicted octanol–water partition coefficient (Wildman–Crippen LogP) is 3.37. The third-order valence-electron chi connectivity index (χ3n) is 1.95. The molecule has 1 heterocycles. The monoisotopic (exact) mass is 325 g/mol. The number of nitrogen functional groups attached to an aromatic ring is 1. The summed E-state index contributed by atoms with van der Waals surface area (Å²) in [5.41, 5.74) is 6.05. The molecule has 0 aliphatic rings. The lowest BCUT2D eigenvalue weighted by Gasteiger charge is -1.92. The number of nitrogens with two attached hydrogens (primary N) is 1. The number of hydrogen-bond donors (Lipinski definition) is 2. The SMILES string of the molecule is CC(=O)c1ccc(Br)cc1.Nc1ccnc(=S)[nH]1. The van der Waals surface area contributed by atoms with Crippen LogP contribution in [0.4, 0.5) is 5.82 Å². The van der Waals surface area contributed by atoms with Gasteiger partial charge in [-0.3, -0.25) is 4.79 Å². The number of nitrogens with one attached hydrogen (secondary N) is 1. The van der Waals surface area contributed by atoms with E-state index in [1.165, 1.54) is 0 Å². The molecule has 2 rings (SSSR count). The highest BCUT2D eigenvalue weighted by atomic mass is 79.9. The number of aromatic amines is 1. The maximum absolute atomic E-state index is 10.7. The van der Waals surface area contributed by atoms with E-state index < -0.39 is 0 Å². The normalized spacial score (nSPS) is 9.22. The first-order valence-corrected chi connectivity index (χ1v) is 6.26. The van der Waals surface area contributed by atoms with Crippen LogP contribution in [-0.4, -0.2) is 15.8 Å². The summed E-state index contributed by atoms with van der Waals surface area (Å²) in [6.45, 7) is 1.56. The molecule has 0 unspecified atom stereocenters. The Hall–Kier alpha value is -1.53. The average Bonchev–Trinajstić information content (AvgIpc) is 2.30. The molecule has 0 bridgehead atoms. The number of aromatic nitrogens is 2. The molecule has 2 aromatic rings. The molecule has 0 radical (unpaired) electrons. The van der Waals surface area contributed by atoms with Crippen LogP contribution in [0.25, 0.3) is 0 Å². The number of halogens is 1. The van der Waals surface area contributed by atoms with Crippen molar-refractivity contribution in [3.8, 4) is 0 Å². The summed E-state index contributed by atoms with van der Waals surface area (Å²) < 4.78 is 1.42. The lowest BCUT2D eigenvalue weighted by atomic mass is 10.2. The topological polar surface area (TPSA) is 71.8 Å². The van der Waals surface area contributed by atoms with Crippen molar-refractivity contribution in [3.63, 3.8) is 0 Å². The van der Waals surface area contributed by atoms with Crippen molar-refractivity contribution in [3.05, 3.63) is 51.3 Å². The van der Waals surface area contributed by atoms with Crippen molar-refractivity contribution in [1.82, 2.24) is 9.97 Å². The van der Waals surface area contributed by atoms with Gasteiger partial charge in [0, 0.05) is 16.2 Å². The maximum Gasteiger partial charge on any atom is 0.198 e. The van der Waals surface area contributed by atoms with Crippen molar-refractivity contribution < 1.29 is 4.79 Å². The lowest BCUT2D eigenvalue weighted by Crippen LogP contribution is -1.89. The van der Waals surface area contributed by atoms with E-state index in [0.29, 0.717) is 10.6 Å². The van der Waals surface area contributed by atoms with E-state index >= 15 is 0 Å². The summed E-state index contributed by atoms with van der Waals surface area (Å²) in [5.74, 6) is 0.650. The predicted molar refractivity (Wildman–Crippen MR) is 78.0 cm³/mol. The molecule has 0 saturated heterocycles. The molecule has 1 aromatic carbocycles. The summed E-state index contributed by atoms with van der Waals surface area (Å²) >= 11 is 7.94. The molecule has 0 aliphatic heterocycles. The Morgan fingerprint density at radius 2 is 1.94 bits per heavy atom. The van der Waals surface area contributed by atoms with E-state index in [1.54, 1.807) is 31.3 Å². The number of carbonyl (C=O) groups is 1. The number of Topliss-reactive ketones (excluding diaryl/α,β-unsaturated/α-hetero) is 1. The van der Waals surface area contributed by atoms with E-state index in [9.17, 15) is 4.79 Å². The minimum absolute atomic E-state index is 0.104. The van der Waals surface area contributed by atoms with Crippen molar-refractivity contribution in [2.45, 2.75) is 6.92 Å². The van der Waals surface area contributed by atoms with Gasteiger partial charge in [0.15, 0.2) is 10.6 Å². The molecule has 3 N–H and O–H groups in total. The van der Waals surface area contributed by atoms with Crippen LogP contribution >= 0.6 is 28.1 Å². The number of hydrogen-bond acceptors (Lipinski definition) is 4. The molecule has 0 fully saturated rings. The first-order valence-electron chi connectivity index (χ1n) is 5.06. The molecule has 1 aromatic heterocycles. The minimum atomic E-state index is 0.104. The molecule has 0 amide bonds. The van der Waals surface area contributed by atoms with Gasteiger partial charge in [0.1, 0.15) is 5.82 Å². The zero-order valence-corrected chi connectivity index (χ0v) is 12.1. The van der Waals surface area contributed by atoms with E-state index in [1.807, 2.05) is 12.1 Å². The van der Waals surface area contributed by atoms with Gasteiger partial charge in [-0.2, -0.15) is 0 Å². The summed E-state index contributed by atoms with van der Waals surface area (Å²) in [4.78, 5) is 17.1. The highest BCUT2D eigenvalue weighted by Crippen LogP contribution is 2.10. The number of carbonyl (C=O) groups excluding carboxylic acids is 1. The van der Waals surface area contributed by atoms with E-state index in [4.69, 9.17) is 5.73 Å². The molecule has 0 saturated carbocycles. The van der Waals surface area contributed by atoms with Crippen LogP contribution in [0.2, 0.25) is 0 Å². The van der Waals surface area contributed by atoms with Crippen LogP contribution in [0.3, 0.4) is 0 Å². The Bertz CT molecular complexity index is 580. The van der Waals surface area contributed by atoms with Crippen LogP contribution < -0.4 is 5.73 Å². The average molecular weight is 326 g/mol. The van der Waals surface area contributed by atoms with E-state index in [-0.39, 0.29) is 5.78 Å². The largest absolute Gasteiger partial charge is 0.385 e. The second-order valence-electron chi connectivity index (χ2n) is 3.39. The number of rotatable bonds is 1. The van der Waals surface area contributed by atoms with E-state index in [0.717, 1.165) is 10.0 Å². The standard InChI is InChI=1S/C8H7BrO.C4H5N3S/c1-6(10)7-2-4-8(9)5-3-7;5-3-1-2-6-4(8)7-3/h2-5H,1H3;1-2H,(H3,5,6,7,8). The Kier molecular flexibility index (Phi) is 5.67. The van der Waals surface area contributed by atoms with Gasteiger partial charge in [0.25, 0.3) is 0 Å². The van der Waals surface area contributed by atoms with Gasteiger partial charge >= 0.3 is 0 Å². The molecule has 94 valence electrons. The number of nitrogens with zero attached hydrogens (tertiary/aromatic N) is 1. The Morgan fingerprint density at radius 1 is 1.33 bits per heavy atom. The molecular weight excluding hydrogens is 314 g/mol.